The molecule has 0 spiro atoms. The maximum Gasteiger partial charge on any atom is 0.259 e. The van der Waals surface area contributed by atoms with Crippen molar-refractivity contribution in [1.29, 1.82) is 0 Å². The molecule has 7 heterocycles. The highest BCUT2D eigenvalue weighted by molar-refractivity contribution is 6.41. The molecular formula is C55H42N6O8. The van der Waals surface area contributed by atoms with E-state index in [9.17, 15) is 29.4 Å². The second kappa shape index (κ2) is 14.1. The van der Waals surface area contributed by atoms with Crippen molar-refractivity contribution in [3.05, 3.63) is 144 Å². The molecule has 2 aliphatic carbocycles. The number of para-hydroxylation sites is 4. The van der Waals surface area contributed by atoms with Crippen LogP contribution in [0, 0.1) is 0 Å². The lowest BCUT2D eigenvalue weighted by Crippen LogP contribution is -2.30. The fraction of sp³-hybridized carbons (Fsp3) is 0.200. The molecule has 1 unspecified atom stereocenters. The highest BCUT2D eigenvalue weighted by atomic mass is 16.7. The second-order valence-corrected chi connectivity index (χ2v) is 19.2. The van der Waals surface area contributed by atoms with Gasteiger partial charge in [-0.15, -0.1) is 0 Å². The average molecular weight is 915 g/mol. The van der Waals surface area contributed by atoms with E-state index in [4.69, 9.17) is 9.47 Å². The largest absolute Gasteiger partial charge is 0.390 e. The van der Waals surface area contributed by atoms with E-state index < -0.39 is 23.9 Å². The number of imide groups is 2. The monoisotopic (exact) mass is 914 g/mol. The zero-order chi connectivity index (χ0) is 46.8. The smallest absolute Gasteiger partial charge is 0.259 e. The highest BCUT2D eigenvalue weighted by Gasteiger charge is 2.44. The maximum atomic E-state index is 13.2. The van der Waals surface area contributed by atoms with Gasteiger partial charge in [-0.05, 0) is 38.1 Å². The number of aliphatic hydroxyl groups excluding tert-OH is 2. The molecule has 3 aliphatic heterocycles. The lowest BCUT2D eigenvalue weighted by atomic mass is 9.95. The predicted octanol–water partition coefficient (Wildman–Crippen LogP) is 8.87. The zero-order valence-electron chi connectivity index (χ0n) is 37.2. The summed E-state index contributed by atoms with van der Waals surface area (Å²) >= 11 is 0. The lowest BCUT2D eigenvalue weighted by Gasteiger charge is -2.27. The van der Waals surface area contributed by atoms with Crippen molar-refractivity contribution in [3.8, 4) is 0 Å². The van der Waals surface area contributed by atoms with Gasteiger partial charge >= 0.3 is 0 Å². The summed E-state index contributed by atoms with van der Waals surface area (Å²) in [6.07, 6.45) is 6.92. The normalized spacial score (nSPS) is 23.8. The van der Waals surface area contributed by atoms with E-state index in [1.165, 1.54) is 0 Å². The van der Waals surface area contributed by atoms with Gasteiger partial charge in [0.25, 0.3) is 23.6 Å². The molecule has 0 saturated carbocycles. The van der Waals surface area contributed by atoms with Crippen molar-refractivity contribution in [2.75, 3.05) is 0 Å². The summed E-state index contributed by atoms with van der Waals surface area (Å²) in [6.45, 7) is 3.89. The van der Waals surface area contributed by atoms with Crippen molar-refractivity contribution in [3.63, 3.8) is 0 Å². The molecule has 0 radical (unpaired) electrons. The molecule has 6 aromatic carbocycles. The summed E-state index contributed by atoms with van der Waals surface area (Å²) in [7, 11) is 0. The lowest BCUT2D eigenvalue weighted by molar-refractivity contribution is -0.143. The zero-order valence-corrected chi connectivity index (χ0v) is 37.2. The van der Waals surface area contributed by atoms with Gasteiger partial charge in [0.15, 0.2) is 5.79 Å². The van der Waals surface area contributed by atoms with Crippen molar-refractivity contribution in [2.45, 2.75) is 69.0 Å². The molecule has 14 nitrogen and oxygen atoms in total. The molecular weight excluding hydrogens is 873 g/mol. The predicted molar refractivity (Wildman–Crippen MR) is 263 cm³/mol. The Labute approximate surface area is 390 Å². The third kappa shape index (κ3) is 5.50. The summed E-state index contributed by atoms with van der Waals surface area (Å²) in [5.41, 5.74) is 8.80. The Balaban J connectivity index is 0.000000130. The van der Waals surface area contributed by atoms with E-state index in [2.05, 4.69) is 48.0 Å². The molecule has 1 saturated heterocycles. The van der Waals surface area contributed by atoms with Gasteiger partial charge in [0, 0.05) is 78.0 Å². The standard InChI is InChI=1S/C29H23N3O4.C26H19N3O4/c1-29(2)35-19-12-11-14(13-20(19)36-29)32-18-10-6-4-8-16(18)22-24-23(27(33)31-28(24)34)21-15-7-3-5-9-17(15)30-25(21)26(22)32;30-17-10-9-12(11-18(17)31)29-16-8-4-2-6-14(16)20-22-21(25(32)28-26(22)33)19-13-5-1-3-7-15(13)27-23(19)24(20)29/h3-12,14,19-20,30H,13H2,1-2H3,(H,31,33,34);1-10,12,17-18,27,30-31H,11H2,(H,28,32,33)/t14-,19-,20+;12-,17?,18+/m00/s1. The van der Waals surface area contributed by atoms with Crippen molar-refractivity contribution in [1.82, 2.24) is 29.7 Å². The molecule has 69 heavy (non-hydrogen) atoms. The van der Waals surface area contributed by atoms with Crippen LogP contribution < -0.4 is 10.6 Å². The van der Waals surface area contributed by atoms with Gasteiger partial charge in [0.1, 0.15) is 6.10 Å². The van der Waals surface area contributed by atoms with Crippen LogP contribution in [0.25, 0.3) is 87.2 Å². The molecule has 340 valence electrons. The first-order valence-corrected chi connectivity index (χ1v) is 23.2. The van der Waals surface area contributed by atoms with Gasteiger partial charge in [-0.1, -0.05) is 97.1 Å². The minimum atomic E-state index is -0.907. The first kappa shape index (κ1) is 40.2. The quantitative estimate of drug-likeness (QED) is 0.0732. The molecule has 5 aliphatic rings. The molecule has 15 rings (SSSR count). The number of nitrogens with one attached hydrogen (secondary N) is 4. The van der Waals surface area contributed by atoms with Crippen LogP contribution in [0.3, 0.4) is 0 Å². The van der Waals surface area contributed by atoms with Crippen molar-refractivity contribution >= 4 is 111 Å². The first-order chi connectivity index (χ1) is 33.5. The van der Waals surface area contributed by atoms with E-state index in [1.54, 1.807) is 6.08 Å². The fourth-order valence-corrected chi connectivity index (χ4v) is 12.2. The number of nitrogens with zero attached hydrogens (tertiary/aromatic N) is 2. The average Bonchev–Trinajstić information content (AvgIpc) is 4.21. The van der Waals surface area contributed by atoms with E-state index in [1.807, 2.05) is 111 Å². The molecule has 14 heteroatoms. The summed E-state index contributed by atoms with van der Waals surface area (Å²) in [6, 6.07) is 31.3. The number of amides is 4. The van der Waals surface area contributed by atoms with Crippen LogP contribution >= 0.6 is 0 Å². The second-order valence-electron chi connectivity index (χ2n) is 19.2. The molecule has 0 bridgehead atoms. The number of rotatable bonds is 2. The Morgan fingerprint density at radius 2 is 0.957 bits per heavy atom. The van der Waals surface area contributed by atoms with Crippen LogP contribution in [-0.4, -0.2) is 83.1 Å². The van der Waals surface area contributed by atoms with Gasteiger partial charge in [0.2, 0.25) is 0 Å². The van der Waals surface area contributed by atoms with Crippen LogP contribution in [0.15, 0.2) is 121 Å². The number of carbonyl (C=O) groups excluding carboxylic acids is 4. The third-order valence-electron chi connectivity index (χ3n) is 14.9. The molecule has 10 aromatic rings. The fourth-order valence-electron chi connectivity index (χ4n) is 12.2. The van der Waals surface area contributed by atoms with E-state index in [-0.39, 0.29) is 42.0 Å². The van der Waals surface area contributed by atoms with Gasteiger partial charge in [-0.3, -0.25) is 29.8 Å². The molecule has 4 aromatic heterocycles. The molecule has 6 atom stereocenters. The van der Waals surface area contributed by atoms with Gasteiger partial charge < -0.3 is 38.8 Å². The Morgan fingerprint density at radius 1 is 0.522 bits per heavy atom. The number of fused-ring (bicyclic) bond motifs is 21. The van der Waals surface area contributed by atoms with Crippen molar-refractivity contribution in [2.24, 2.45) is 0 Å². The number of benzene rings is 6. The highest BCUT2D eigenvalue weighted by Crippen LogP contribution is 2.48. The third-order valence-corrected chi connectivity index (χ3v) is 14.9. The summed E-state index contributed by atoms with van der Waals surface area (Å²) in [5.74, 6) is -2.10. The minimum absolute atomic E-state index is 0.0148. The molecule has 6 N–H and O–H groups in total. The first-order valence-electron chi connectivity index (χ1n) is 23.2. The number of aromatic nitrogens is 4. The summed E-state index contributed by atoms with van der Waals surface area (Å²) in [4.78, 5) is 59.5. The minimum Gasteiger partial charge on any atom is -0.390 e. The summed E-state index contributed by atoms with van der Waals surface area (Å²) in [5, 5.41) is 32.2. The summed E-state index contributed by atoms with van der Waals surface area (Å²) < 4.78 is 16.7. The molecule has 1 fully saturated rings. The number of allylic oxidation sites excluding steroid dienone is 2. The number of ether oxygens (including phenoxy) is 2. The number of H-pyrrole nitrogens is 2. The Hall–Kier alpha value is -7.88. The SMILES string of the molecule is CC1(C)O[C@H]2C=C[C@H](n3c4ccccc4c4c5c(c6c7ccccc7[nH]c6c43)C(=O)NC5=O)C[C@H]2O1.O=C1NC(=O)c2c1c1c3ccccc3[nH]c1c1c2c2ccccc2n1[C@H]1C=CC(O)[C@H](O)C1. The van der Waals surface area contributed by atoms with Crippen LogP contribution in [0.5, 0.6) is 0 Å². The van der Waals surface area contributed by atoms with Crippen LogP contribution in [-0.2, 0) is 9.47 Å². The van der Waals surface area contributed by atoms with Crippen molar-refractivity contribution < 1.29 is 38.9 Å². The maximum absolute atomic E-state index is 13.2. The van der Waals surface area contributed by atoms with Gasteiger partial charge in [0.05, 0.1) is 74.7 Å². The Morgan fingerprint density at radius 3 is 1.46 bits per heavy atom. The Bertz CT molecular complexity index is 4070. The van der Waals surface area contributed by atoms with Crippen LogP contribution in [0.2, 0.25) is 0 Å². The number of carbonyl (C=O) groups is 4. The Kier molecular flexibility index (Phi) is 8.21. The topological polar surface area (TPSA) is 193 Å². The van der Waals surface area contributed by atoms with Crippen LogP contribution in [0.4, 0.5) is 0 Å². The van der Waals surface area contributed by atoms with Crippen LogP contribution in [0.1, 0.15) is 80.2 Å². The number of hydrogen-bond donors (Lipinski definition) is 6. The number of aliphatic hydroxyl groups is 2. The number of aromatic amines is 2. The van der Waals surface area contributed by atoms with Gasteiger partial charge in [-0.2, -0.15) is 0 Å². The van der Waals surface area contributed by atoms with E-state index in [0.29, 0.717) is 28.7 Å². The van der Waals surface area contributed by atoms with Gasteiger partial charge in [-0.25, -0.2) is 0 Å². The molecule has 4 amide bonds. The van der Waals surface area contributed by atoms with E-state index >= 15 is 0 Å². The number of hydrogen-bond acceptors (Lipinski definition) is 8. The van der Waals surface area contributed by atoms with E-state index in [0.717, 1.165) is 93.6 Å².